The van der Waals surface area contributed by atoms with E-state index in [-0.39, 0.29) is 16.7 Å². The van der Waals surface area contributed by atoms with Gasteiger partial charge >= 0.3 is 12.3 Å². The molecule has 2 aromatic carbocycles. The minimum Gasteiger partial charge on any atom is -0.475 e. The smallest absolute Gasteiger partial charge is 0.475 e. The zero-order chi connectivity index (χ0) is 25.8. The Morgan fingerprint density at radius 1 is 1.17 bits per heavy atom. The summed E-state index contributed by atoms with van der Waals surface area (Å²) < 4.78 is 41.5. The van der Waals surface area contributed by atoms with E-state index in [9.17, 15) is 32.3 Å². The summed E-state index contributed by atoms with van der Waals surface area (Å²) in [5.74, 6) is -3.78. The van der Waals surface area contributed by atoms with Gasteiger partial charge in [-0.25, -0.2) is 9.48 Å². The molecular formula is C21H17F3N4O6S. The first-order valence-electron chi connectivity index (χ1n) is 9.84. The van der Waals surface area contributed by atoms with Crippen molar-refractivity contribution in [2.45, 2.75) is 30.8 Å². The van der Waals surface area contributed by atoms with E-state index < -0.39 is 47.9 Å². The fourth-order valence-electron chi connectivity index (χ4n) is 2.93. The topological polar surface area (TPSA) is 140 Å². The number of thioether (sulfide) groups is 1. The van der Waals surface area contributed by atoms with Gasteiger partial charge in [0.15, 0.2) is 0 Å². The second-order valence-electron chi connectivity index (χ2n) is 7.15. The quantitative estimate of drug-likeness (QED) is 0.328. The Morgan fingerprint density at radius 2 is 1.86 bits per heavy atom. The van der Waals surface area contributed by atoms with Gasteiger partial charge in [-0.3, -0.25) is 14.4 Å². The van der Waals surface area contributed by atoms with E-state index >= 15 is 0 Å². The van der Waals surface area contributed by atoms with Crippen molar-refractivity contribution in [3.05, 3.63) is 58.4 Å². The molecule has 0 aliphatic carbocycles. The number of carbonyl (C=O) groups is 3. The third-order valence-electron chi connectivity index (χ3n) is 4.59. The molecule has 184 valence electrons. The van der Waals surface area contributed by atoms with E-state index in [1.54, 1.807) is 6.92 Å². The summed E-state index contributed by atoms with van der Waals surface area (Å²) in [4.78, 5) is 47.4. The molecule has 1 heterocycles. The second kappa shape index (κ2) is 10.5. The molecule has 35 heavy (non-hydrogen) atoms. The van der Waals surface area contributed by atoms with Crippen LogP contribution in [0.2, 0.25) is 0 Å². The van der Waals surface area contributed by atoms with Crippen LogP contribution in [0.3, 0.4) is 0 Å². The standard InChI is InChI=1S/C21H17F3N4O6S/c1-11(12-2-4-13(5-3-12)34-21(22,23)24)25-18(30)9-28-19(31)15-7-6-14(8-16(15)26-27-28)35-10-17(29)20(32)33/h2-8,11H,9-10H2,1H3,(H,25,30)(H,32,33)/t11-/m0/s1. The van der Waals surface area contributed by atoms with Crippen LogP contribution in [0, 0.1) is 0 Å². The number of aliphatic carboxylic acids is 1. The van der Waals surface area contributed by atoms with Gasteiger partial charge in [-0.15, -0.1) is 30.0 Å². The van der Waals surface area contributed by atoms with E-state index in [0.29, 0.717) is 10.5 Å². The Kier molecular flexibility index (Phi) is 7.74. The van der Waals surface area contributed by atoms with Crippen molar-refractivity contribution in [2.75, 3.05) is 5.75 Å². The maximum atomic E-state index is 12.7. The Morgan fingerprint density at radius 3 is 2.49 bits per heavy atom. The van der Waals surface area contributed by atoms with Crippen LogP contribution in [0.5, 0.6) is 5.75 Å². The summed E-state index contributed by atoms with van der Waals surface area (Å²) in [6.45, 7) is 1.16. The number of hydrogen-bond acceptors (Lipinski definition) is 8. The van der Waals surface area contributed by atoms with Gasteiger partial charge in [0, 0.05) is 4.90 Å². The van der Waals surface area contributed by atoms with Gasteiger partial charge in [0.25, 0.3) is 5.56 Å². The maximum Gasteiger partial charge on any atom is 0.573 e. The number of alkyl halides is 3. The molecule has 0 spiro atoms. The predicted molar refractivity (Wildman–Crippen MR) is 117 cm³/mol. The summed E-state index contributed by atoms with van der Waals surface area (Å²) in [6, 6.07) is 8.82. The summed E-state index contributed by atoms with van der Waals surface area (Å²) >= 11 is 0.966. The Hall–Kier alpha value is -3.94. The molecule has 3 rings (SSSR count). The van der Waals surface area contributed by atoms with E-state index in [4.69, 9.17) is 5.11 Å². The van der Waals surface area contributed by atoms with Crippen molar-refractivity contribution in [2.24, 2.45) is 0 Å². The lowest BCUT2D eigenvalue weighted by atomic mass is 10.1. The fourth-order valence-corrected chi connectivity index (χ4v) is 3.71. The zero-order valence-electron chi connectivity index (χ0n) is 17.9. The number of carboxylic acid groups (broad SMARTS) is 1. The zero-order valence-corrected chi connectivity index (χ0v) is 18.7. The number of amides is 1. The van der Waals surface area contributed by atoms with Crippen LogP contribution in [-0.2, 0) is 20.9 Å². The highest BCUT2D eigenvalue weighted by Crippen LogP contribution is 2.24. The maximum absolute atomic E-state index is 12.7. The lowest BCUT2D eigenvalue weighted by Gasteiger charge is -2.15. The van der Waals surface area contributed by atoms with Gasteiger partial charge in [0.05, 0.1) is 17.2 Å². The Bertz CT molecular complexity index is 1330. The number of benzene rings is 2. The van der Waals surface area contributed by atoms with Crippen LogP contribution in [-0.4, -0.2) is 49.9 Å². The highest BCUT2D eigenvalue weighted by Gasteiger charge is 2.31. The summed E-state index contributed by atoms with van der Waals surface area (Å²) in [7, 11) is 0. The highest BCUT2D eigenvalue weighted by molar-refractivity contribution is 8.00. The number of aromatic nitrogens is 3. The fraction of sp³-hybridized carbons (Fsp3) is 0.238. The first kappa shape index (κ1) is 25.7. The largest absolute Gasteiger partial charge is 0.573 e. The van der Waals surface area contributed by atoms with E-state index in [1.807, 2.05) is 0 Å². The minimum absolute atomic E-state index is 0.162. The van der Waals surface area contributed by atoms with Crippen LogP contribution < -0.4 is 15.6 Å². The average Bonchev–Trinajstić information content (AvgIpc) is 2.78. The van der Waals surface area contributed by atoms with Crippen LogP contribution >= 0.6 is 11.8 Å². The van der Waals surface area contributed by atoms with Crippen molar-refractivity contribution in [1.29, 1.82) is 0 Å². The molecule has 0 radical (unpaired) electrons. The molecule has 2 N–H and O–H groups in total. The number of carboxylic acids is 1. The monoisotopic (exact) mass is 510 g/mol. The third-order valence-corrected chi connectivity index (χ3v) is 5.58. The molecule has 0 saturated heterocycles. The molecule has 0 aliphatic heterocycles. The minimum atomic E-state index is -4.81. The van der Waals surface area contributed by atoms with Gasteiger partial charge in [-0.1, -0.05) is 17.3 Å². The van der Waals surface area contributed by atoms with Crippen molar-refractivity contribution < 1.29 is 37.4 Å². The SMILES string of the molecule is C[C@H](NC(=O)Cn1nnc2cc(SCC(=O)C(=O)O)ccc2c1=O)c1ccc(OC(F)(F)F)cc1. The molecule has 3 aromatic rings. The highest BCUT2D eigenvalue weighted by atomic mass is 32.2. The number of fused-ring (bicyclic) bond motifs is 1. The molecule has 0 fully saturated rings. The van der Waals surface area contributed by atoms with Crippen molar-refractivity contribution in [1.82, 2.24) is 20.3 Å². The van der Waals surface area contributed by atoms with Gasteiger partial charge < -0.3 is 15.2 Å². The van der Waals surface area contributed by atoms with Crippen molar-refractivity contribution in [3.8, 4) is 5.75 Å². The molecule has 0 unspecified atom stereocenters. The van der Waals surface area contributed by atoms with Gasteiger partial charge in [-0.2, -0.15) is 0 Å². The molecule has 1 aromatic heterocycles. The lowest BCUT2D eigenvalue weighted by Crippen LogP contribution is -2.35. The van der Waals surface area contributed by atoms with Crippen LogP contribution in [0.15, 0.2) is 52.2 Å². The van der Waals surface area contributed by atoms with Gasteiger partial charge in [0.2, 0.25) is 11.7 Å². The number of ketones is 1. The molecule has 1 amide bonds. The number of halogens is 3. The van der Waals surface area contributed by atoms with E-state index in [2.05, 4.69) is 20.4 Å². The molecule has 0 bridgehead atoms. The van der Waals surface area contributed by atoms with E-state index in [0.717, 1.165) is 28.6 Å². The van der Waals surface area contributed by atoms with E-state index in [1.165, 1.54) is 30.3 Å². The van der Waals surface area contributed by atoms with Crippen LogP contribution in [0.25, 0.3) is 10.9 Å². The molecular weight excluding hydrogens is 493 g/mol. The molecule has 1 atom stereocenters. The average molecular weight is 510 g/mol. The van der Waals surface area contributed by atoms with Crippen LogP contribution in [0.1, 0.15) is 18.5 Å². The number of Topliss-reactive ketones (excluding diaryl/α,β-unsaturated/α-hetero) is 1. The lowest BCUT2D eigenvalue weighted by molar-refractivity contribution is -0.274. The normalized spacial score (nSPS) is 12.2. The molecule has 0 saturated carbocycles. The Labute approximate surface area is 199 Å². The van der Waals surface area contributed by atoms with Gasteiger partial charge in [0.1, 0.15) is 17.8 Å². The predicted octanol–water partition coefficient (Wildman–Crippen LogP) is 2.31. The van der Waals surface area contributed by atoms with Crippen molar-refractivity contribution in [3.63, 3.8) is 0 Å². The first-order chi connectivity index (χ1) is 16.4. The molecule has 14 heteroatoms. The summed E-state index contributed by atoms with van der Waals surface area (Å²) in [5.41, 5.74) is 0.120. The number of nitrogens with zero attached hydrogens (tertiary/aromatic N) is 3. The number of carbonyl (C=O) groups excluding carboxylic acids is 2. The van der Waals surface area contributed by atoms with Crippen LogP contribution in [0.4, 0.5) is 13.2 Å². The number of nitrogens with one attached hydrogen (secondary N) is 1. The first-order valence-corrected chi connectivity index (χ1v) is 10.8. The molecule has 0 aliphatic rings. The molecule has 10 nitrogen and oxygen atoms in total. The van der Waals surface area contributed by atoms with Crippen molar-refractivity contribution >= 4 is 40.3 Å². The summed E-state index contributed by atoms with van der Waals surface area (Å²) in [5, 5.41) is 19.1. The number of ether oxygens (including phenoxy) is 1. The van der Waals surface area contributed by atoms with Gasteiger partial charge in [-0.05, 0) is 42.8 Å². The number of hydrogen-bond donors (Lipinski definition) is 2. The third kappa shape index (κ3) is 7.02. The second-order valence-corrected chi connectivity index (χ2v) is 8.20. The number of rotatable bonds is 9. The summed E-state index contributed by atoms with van der Waals surface area (Å²) in [6.07, 6.45) is -4.81. The Balaban J connectivity index is 1.65.